The molecule has 3 nitrogen and oxygen atoms in total. The molecule has 1 aromatic rings. The Morgan fingerprint density at radius 1 is 1.44 bits per heavy atom. The van der Waals surface area contributed by atoms with Gasteiger partial charge in [-0.15, -0.1) is 11.8 Å². The van der Waals surface area contributed by atoms with Crippen LogP contribution in [0.3, 0.4) is 0 Å². The minimum atomic E-state index is -0.167. The molecule has 0 aliphatic heterocycles. The molecule has 5 heteroatoms. The Morgan fingerprint density at radius 2 is 2.22 bits per heavy atom. The Kier molecular flexibility index (Phi) is 7.39. The van der Waals surface area contributed by atoms with Crippen LogP contribution in [0.25, 0.3) is 0 Å². The summed E-state index contributed by atoms with van der Waals surface area (Å²) in [6.07, 6.45) is 0. The highest BCUT2D eigenvalue weighted by Gasteiger charge is 2.07. The van der Waals surface area contributed by atoms with E-state index in [2.05, 4.69) is 34.2 Å². The molecule has 0 fully saturated rings. The first-order chi connectivity index (χ1) is 8.67. The fourth-order valence-corrected chi connectivity index (χ4v) is 2.67. The normalized spacial score (nSPS) is 10.4. The summed E-state index contributed by atoms with van der Waals surface area (Å²) in [4.78, 5) is 12.5. The first-order valence-corrected chi connectivity index (χ1v) is 7.72. The molecule has 0 radical (unpaired) electrons. The molecule has 1 aromatic carbocycles. The van der Waals surface area contributed by atoms with Crippen molar-refractivity contribution in [2.75, 3.05) is 18.9 Å². The van der Waals surface area contributed by atoms with Crippen LogP contribution in [0.5, 0.6) is 0 Å². The van der Waals surface area contributed by atoms with Crippen molar-refractivity contribution in [3.8, 4) is 0 Å². The molecule has 0 heterocycles. The molecule has 100 valence electrons. The van der Waals surface area contributed by atoms with Crippen molar-refractivity contribution in [1.29, 1.82) is 0 Å². The Hall–Kier alpha value is -0.520. The molecule has 18 heavy (non-hydrogen) atoms. The smallest absolute Gasteiger partial charge is 0.316 e. The molecule has 0 saturated carbocycles. The van der Waals surface area contributed by atoms with Gasteiger partial charge in [0.15, 0.2) is 0 Å². The van der Waals surface area contributed by atoms with Gasteiger partial charge in [0.1, 0.15) is 0 Å². The molecule has 0 atom stereocenters. The van der Waals surface area contributed by atoms with Crippen LogP contribution in [0, 0.1) is 0 Å². The highest BCUT2D eigenvalue weighted by atomic mass is 79.9. The summed E-state index contributed by atoms with van der Waals surface area (Å²) in [5.41, 5.74) is 1.19. The Morgan fingerprint density at radius 3 is 2.89 bits per heavy atom. The van der Waals surface area contributed by atoms with Crippen molar-refractivity contribution in [1.82, 2.24) is 5.32 Å². The lowest BCUT2D eigenvalue weighted by Crippen LogP contribution is -2.13. The van der Waals surface area contributed by atoms with Crippen molar-refractivity contribution in [3.63, 3.8) is 0 Å². The van der Waals surface area contributed by atoms with E-state index in [1.54, 1.807) is 0 Å². The summed E-state index contributed by atoms with van der Waals surface area (Å²) >= 11 is 4.98. The maximum absolute atomic E-state index is 11.3. The average molecular weight is 332 g/mol. The van der Waals surface area contributed by atoms with Gasteiger partial charge in [0.2, 0.25) is 0 Å². The summed E-state index contributed by atoms with van der Waals surface area (Å²) in [6.45, 7) is 6.06. The molecular formula is C13H18BrNO2S. The zero-order chi connectivity index (χ0) is 13.4. The minimum absolute atomic E-state index is 0.167. The third-order valence-corrected chi connectivity index (χ3v) is 3.82. The molecule has 0 aliphatic carbocycles. The maximum atomic E-state index is 11.3. The summed E-state index contributed by atoms with van der Waals surface area (Å²) in [5, 5.41) is 3.29. The van der Waals surface area contributed by atoms with Gasteiger partial charge in [-0.1, -0.05) is 22.9 Å². The van der Waals surface area contributed by atoms with Gasteiger partial charge in [0.25, 0.3) is 0 Å². The van der Waals surface area contributed by atoms with Crippen molar-refractivity contribution in [2.24, 2.45) is 0 Å². The zero-order valence-electron chi connectivity index (χ0n) is 10.7. The van der Waals surface area contributed by atoms with E-state index in [0.717, 1.165) is 22.5 Å². The minimum Gasteiger partial charge on any atom is -0.465 e. The van der Waals surface area contributed by atoms with E-state index in [9.17, 15) is 4.79 Å². The van der Waals surface area contributed by atoms with E-state index in [0.29, 0.717) is 12.4 Å². The number of benzene rings is 1. The number of carbonyl (C=O) groups excluding carboxylic acids is 1. The molecule has 0 bridgehead atoms. The molecule has 0 aliphatic rings. The van der Waals surface area contributed by atoms with E-state index in [-0.39, 0.29) is 5.97 Å². The van der Waals surface area contributed by atoms with E-state index in [1.165, 1.54) is 17.3 Å². The van der Waals surface area contributed by atoms with Gasteiger partial charge in [-0.2, -0.15) is 0 Å². The second-order valence-corrected chi connectivity index (χ2v) is 5.56. The number of hydrogen-bond acceptors (Lipinski definition) is 4. The van der Waals surface area contributed by atoms with Crippen molar-refractivity contribution < 1.29 is 9.53 Å². The number of thioether (sulfide) groups is 1. The molecular weight excluding hydrogens is 314 g/mol. The largest absolute Gasteiger partial charge is 0.465 e. The zero-order valence-corrected chi connectivity index (χ0v) is 13.1. The number of rotatable bonds is 7. The van der Waals surface area contributed by atoms with Crippen molar-refractivity contribution in [2.45, 2.75) is 25.3 Å². The highest BCUT2D eigenvalue weighted by Crippen LogP contribution is 2.26. The molecule has 0 unspecified atom stereocenters. The first kappa shape index (κ1) is 15.5. The lowest BCUT2D eigenvalue weighted by molar-refractivity contribution is -0.139. The third kappa shape index (κ3) is 5.42. The summed E-state index contributed by atoms with van der Waals surface area (Å²) < 4.78 is 5.98. The monoisotopic (exact) mass is 331 g/mol. The summed E-state index contributed by atoms with van der Waals surface area (Å²) in [5.74, 6) is 0.189. The van der Waals surface area contributed by atoms with Gasteiger partial charge < -0.3 is 10.1 Å². The van der Waals surface area contributed by atoms with E-state index < -0.39 is 0 Å². The van der Waals surface area contributed by atoms with E-state index in [4.69, 9.17) is 4.74 Å². The van der Waals surface area contributed by atoms with Crippen LogP contribution in [0.2, 0.25) is 0 Å². The predicted octanol–water partition coefficient (Wildman–Crippen LogP) is 3.21. The van der Waals surface area contributed by atoms with Gasteiger partial charge in [-0.3, -0.25) is 4.79 Å². The second kappa shape index (κ2) is 8.56. The highest BCUT2D eigenvalue weighted by molar-refractivity contribution is 9.10. The Balaban J connectivity index is 2.65. The van der Waals surface area contributed by atoms with Crippen LogP contribution in [0.15, 0.2) is 27.6 Å². The van der Waals surface area contributed by atoms with Gasteiger partial charge in [-0.05, 0) is 37.2 Å². The van der Waals surface area contributed by atoms with Gasteiger partial charge in [0, 0.05) is 15.9 Å². The Labute approximate surface area is 121 Å². The molecule has 0 aromatic heterocycles. The summed E-state index contributed by atoms with van der Waals surface area (Å²) in [6, 6.07) is 6.10. The SMILES string of the molecule is CCNCc1cc(Br)ccc1SCC(=O)OCC. The number of esters is 1. The van der Waals surface area contributed by atoms with Crippen LogP contribution in [0.4, 0.5) is 0 Å². The molecule has 0 amide bonds. The quantitative estimate of drug-likeness (QED) is 0.615. The number of ether oxygens (including phenoxy) is 1. The molecule has 0 spiro atoms. The molecule has 0 saturated heterocycles. The van der Waals surface area contributed by atoms with E-state index >= 15 is 0 Å². The number of carbonyl (C=O) groups is 1. The first-order valence-electron chi connectivity index (χ1n) is 5.95. The fraction of sp³-hybridized carbons (Fsp3) is 0.462. The maximum Gasteiger partial charge on any atom is 0.316 e. The lowest BCUT2D eigenvalue weighted by Gasteiger charge is -2.10. The third-order valence-electron chi connectivity index (χ3n) is 2.24. The second-order valence-electron chi connectivity index (χ2n) is 3.63. The van der Waals surface area contributed by atoms with Crippen LogP contribution < -0.4 is 5.32 Å². The topological polar surface area (TPSA) is 38.3 Å². The Bertz CT molecular complexity index is 399. The lowest BCUT2D eigenvalue weighted by atomic mass is 10.2. The number of hydrogen-bond donors (Lipinski definition) is 1. The van der Waals surface area contributed by atoms with Crippen LogP contribution in [0.1, 0.15) is 19.4 Å². The van der Waals surface area contributed by atoms with Crippen LogP contribution >= 0.6 is 27.7 Å². The van der Waals surface area contributed by atoms with Crippen molar-refractivity contribution in [3.05, 3.63) is 28.2 Å². The average Bonchev–Trinajstić information content (AvgIpc) is 2.35. The molecule has 1 rings (SSSR count). The fourth-order valence-electron chi connectivity index (χ4n) is 1.43. The standard InChI is InChI=1S/C13H18BrNO2S/c1-3-15-8-10-7-11(14)5-6-12(10)18-9-13(16)17-4-2/h5-7,15H,3-4,8-9H2,1-2H3. The van der Waals surface area contributed by atoms with E-state index in [1.807, 2.05) is 19.1 Å². The van der Waals surface area contributed by atoms with Gasteiger partial charge >= 0.3 is 5.97 Å². The van der Waals surface area contributed by atoms with Crippen LogP contribution in [-0.2, 0) is 16.1 Å². The number of nitrogens with one attached hydrogen (secondary N) is 1. The van der Waals surface area contributed by atoms with Crippen molar-refractivity contribution >= 4 is 33.7 Å². The van der Waals surface area contributed by atoms with Crippen LogP contribution in [-0.4, -0.2) is 24.9 Å². The summed E-state index contributed by atoms with van der Waals surface area (Å²) in [7, 11) is 0. The number of halogens is 1. The molecule has 1 N–H and O–H groups in total. The predicted molar refractivity (Wildman–Crippen MR) is 78.9 cm³/mol. The van der Waals surface area contributed by atoms with Gasteiger partial charge in [0.05, 0.1) is 12.4 Å². The van der Waals surface area contributed by atoms with Gasteiger partial charge in [-0.25, -0.2) is 0 Å².